The first-order valence-electron chi connectivity index (χ1n) is 8.79. The molecule has 2 heteroatoms. The lowest BCUT2D eigenvalue weighted by Gasteiger charge is -2.54. The summed E-state index contributed by atoms with van der Waals surface area (Å²) >= 11 is 0. The molecule has 2 aliphatic heterocycles. The molecular weight excluding hydrogens is 256 g/mol. The highest BCUT2D eigenvalue weighted by Crippen LogP contribution is 2.52. The average molecular weight is 284 g/mol. The summed E-state index contributed by atoms with van der Waals surface area (Å²) in [7, 11) is 0. The summed E-state index contributed by atoms with van der Waals surface area (Å²) in [6, 6.07) is 10.6. The van der Waals surface area contributed by atoms with Crippen LogP contribution in [0.5, 0.6) is 0 Å². The van der Waals surface area contributed by atoms with Gasteiger partial charge in [-0.05, 0) is 81.6 Å². The van der Waals surface area contributed by atoms with Crippen molar-refractivity contribution in [3.8, 4) is 0 Å². The van der Waals surface area contributed by atoms with E-state index in [1.54, 1.807) is 5.56 Å². The minimum Gasteiger partial charge on any atom is -0.317 e. The molecule has 114 valence electrons. The van der Waals surface area contributed by atoms with E-state index < -0.39 is 0 Å². The quantitative estimate of drug-likeness (QED) is 0.891. The van der Waals surface area contributed by atoms with Gasteiger partial charge >= 0.3 is 0 Å². The Morgan fingerprint density at radius 3 is 2.67 bits per heavy atom. The molecule has 1 aromatic rings. The predicted octanol–water partition coefficient (Wildman–Crippen LogP) is 3.66. The van der Waals surface area contributed by atoms with E-state index >= 15 is 0 Å². The second-order valence-corrected chi connectivity index (χ2v) is 7.56. The predicted molar refractivity (Wildman–Crippen MR) is 87.4 cm³/mol. The van der Waals surface area contributed by atoms with Gasteiger partial charge in [0.05, 0.1) is 0 Å². The van der Waals surface area contributed by atoms with E-state index in [2.05, 4.69) is 41.4 Å². The molecule has 2 heterocycles. The van der Waals surface area contributed by atoms with Crippen LogP contribution in [0.2, 0.25) is 0 Å². The SMILES string of the molecule is Cc1ccccc1[C@@H]1CCCN1C1CC2(CCNCC2)C1. The number of nitrogens with one attached hydrogen (secondary N) is 1. The molecule has 0 amide bonds. The number of benzene rings is 1. The molecule has 1 aromatic carbocycles. The van der Waals surface area contributed by atoms with Crippen molar-refractivity contribution < 1.29 is 0 Å². The first-order chi connectivity index (χ1) is 10.3. The number of piperidine rings is 1. The molecule has 0 unspecified atom stereocenters. The molecule has 2 saturated heterocycles. The lowest BCUT2D eigenvalue weighted by Crippen LogP contribution is -2.54. The van der Waals surface area contributed by atoms with E-state index in [-0.39, 0.29) is 0 Å². The van der Waals surface area contributed by atoms with Crippen LogP contribution in [-0.4, -0.2) is 30.6 Å². The molecule has 4 rings (SSSR count). The van der Waals surface area contributed by atoms with E-state index in [9.17, 15) is 0 Å². The summed E-state index contributed by atoms with van der Waals surface area (Å²) in [4.78, 5) is 2.84. The highest BCUT2D eigenvalue weighted by atomic mass is 15.2. The Kier molecular flexibility index (Phi) is 3.55. The third-order valence-corrected chi connectivity index (χ3v) is 6.31. The summed E-state index contributed by atoms with van der Waals surface area (Å²) in [5.74, 6) is 0. The van der Waals surface area contributed by atoms with Gasteiger partial charge in [0.2, 0.25) is 0 Å². The van der Waals surface area contributed by atoms with Crippen molar-refractivity contribution >= 4 is 0 Å². The van der Waals surface area contributed by atoms with Gasteiger partial charge in [0.1, 0.15) is 0 Å². The summed E-state index contributed by atoms with van der Waals surface area (Å²) in [6.45, 7) is 6.08. The van der Waals surface area contributed by atoms with Crippen LogP contribution in [-0.2, 0) is 0 Å². The third kappa shape index (κ3) is 2.43. The maximum Gasteiger partial charge on any atom is 0.0354 e. The van der Waals surface area contributed by atoms with Crippen LogP contribution in [0.15, 0.2) is 24.3 Å². The van der Waals surface area contributed by atoms with Gasteiger partial charge in [-0.15, -0.1) is 0 Å². The second-order valence-electron chi connectivity index (χ2n) is 7.56. The Morgan fingerprint density at radius 1 is 1.14 bits per heavy atom. The minimum absolute atomic E-state index is 0.690. The van der Waals surface area contributed by atoms with Gasteiger partial charge in [-0.2, -0.15) is 0 Å². The van der Waals surface area contributed by atoms with Crippen molar-refractivity contribution in [1.29, 1.82) is 0 Å². The summed E-state index contributed by atoms with van der Waals surface area (Å²) in [5, 5.41) is 3.52. The molecule has 0 radical (unpaired) electrons. The van der Waals surface area contributed by atoms with Gasteiger partial charge in [-0.1, -0.05) is 24.3 Å². The van der Waals surface area contributed by atoms with Crippen LogP contribution >= 0.6 is 0 Å². The molecule has 1 spiro atoms. The number of likely N-dealkylation sites (tertiary alicyclic amines) is 1. The topological polar surface area (TPSA) is 15.3 Å². The Hall–Kier alpha value is -0.860. The van der Waals surface area contributed by atoms with Gasteiger partial charge in [0, 0.05) is 12.1 Å². The largest absolute Gasteiger partial charge is 0.317 e. The Morgan fingerprint density at radius 2 is 1.90 bits per heavy atom. The van der Waals surface area contributed by atoms with Crippen LogP contribution in [0.3, 0.4) is 0 Å². The first kappa shape index (κ1) is 13.8. The van der Waals surface area contributed by atoms with Gasteiger partial charge in [-0.25, -0.2) is 0 Å². The smallest absolute Gasteiger partial charge is 0.0354 e. The lowest BCUT2D eigenvalue weighted by atomic mass is 9.60. The molecular formula is C19H28N2. The summed E-state index contributed by atoms with van der Waals surface area (Å²) < 4.78 is 0. The van der Waals surface area contributed by atoms with Crippen molar-refractivity contribution in [1.82, 2.24) is 10.2 Å². The van der Waals surface area contributed by atoms with Crippen molar-refractivity contribution in [3.05, 3.63) is 35.4 Å². The average Bonchev–Trinajstić information content (AvgIpc) is 2.95. The number of aryl methyl sites for hydroxylation is 1. The standard InChI is InChI=1S/C19H28N2/c1-15-5-2-3-6-17(15)18-7-4-12-21(18)16-13-19(14-16)8-10-20-11-9-19/h2-3,5-6,16,18,20H,4,7-14H2,1H3/t18-/m0/s1. The van der Waals surface area contributed by atoms with Gasteiger partial charge in [0.25, 0.3) is 0 Å². The van der Waals surface area contributed by atoms with Crippen molar-refractivity contribution in [2.45, 2.75) is 57.5 Å². The molecule has 0 aromatic heterocycles. The van der Waals surface area contributed by atoms with Gasteiger partial charge in [-0.3, -0.25) is 4.90 Å². The number of rotatable bonds is 2. The summed E-state index contributed by atoms with van der Waals surface area (Å²) in [6.07, 6.45) is 8.47. The molecule has 1 N–H and O–H groups in total. The monoisotopic (exact) mass is 284 g/mol. The number of hydrogen-bond acceptors (Lipinski definition) is 2. The van der Waals surface area contributed by atoms with E-state index in [0.29, 0.717) is 11.5 Å². The Bertz CT molecular complexity index is 496. The van der Waals surface area contributed by atoms with Crippen molar-refractivity contribution in [2.75, 3.05) is 19.6 Å². The fourth-order valence-corrected chi connectivity index (χ4v) is 5.06. The normalized spacial score (nSPS) is 29.7. The maximum atomic E-state index is 3.52. The number of nitrogens with zero attached hydrogens (tertiary/aromatic N) is 1. The van der Waals surface area contributed by atoms with Crippen LogP contribution in [0.1, 0.15) is 55.7 Å². The van der Waals surface area contributed by atoms with Gasteiger partial charge in [0.15, 0.2) is 0 Å². The molecule has 1 atom stereocenters. The maximum absolute atomic E-state index is 3.52. The molecule has 2 nitrogen and oxygen atoms in total. The number of hydrogen-bond donors (Lipinski definition) is 1. The Balaban J connectivity index is 1.47. The minimum atomic E-state index is 0.690. The van der Waals surface area contributed by atoms with E-state index in [1.165, 1.54) is 63.7 Å². The fraction of sp³-hybridized carbons (Fsp3) is 0.684. The molecule has 3 aliphatic rings. The second kappa shape index (κ2) is 5.40. The first-order valence-corrected chi connectivity index (χ1v) is 8.79. The molecule has 1 saturated carbocycles. The van der Waals surface area contributed by atoms with E-state index in [1.807, 2.05) is 0 Å². The zero-order chi connectivity index (χ0) is 14.3. The van der Waals surface area contributed by atoms with E-state index in [4.69, 9.17) is 0 Å². The van der Waals surface area contributed by atoms with Crippen molar-refractivity contribution in [2.24, 2.45) is 5.41 Å². The summed E-state index contributed by atoms with van der Waals surface area (Å²) in [5.41, 5.74) is 3.76. The zero-order valence-electron chi connectivity index (χ0n) is 13.3. The van der Waals surface area contributed by atoms with Crippen molar-refractivity contribution in [3.63, 3.8) is 0 Å². The lowest BCUT2D eigenvalue weighted by molar-refractivity contribution is -0.0264. The molecule has 3 fully saturated rings. The van der Waals surface area contributed by atoms with Crippen LogP contribution in [0.25, 0.3) is 0 Å². The highest BCUT2D eigenvalue weighted by molar-refractivity contribution is 5.30. The Labute approximate surface area is 128 Å². The van der Waals surface area contributed by atoms with E-state index in [0.717, 1.165) is 6.04 Å². The molecule has 0 bridgehead atoms. The van der Waals surface area contributed by atoms with Crippen LogP contribution < -0.4 is 5.32 Å². The van der Waals surface area contributed by atoms with Crippen LogP contribution in [0, 0.1) is 12.3 Å². The molecule has 1 aliphatic carbocycles. The third-order valence-electron chi connectivity index (χ3n) is 6.31. The highest BCUT2D eigenvalue weighted by Gasteiger charge is 2.48. The van der Waals surface area contributed by atoms with Crippen LogP contribution in [0.4, 0.5) is 0 Å². The zero-order valence-corrected chi connectivity index (χ0v) is 13.3. The fourth-order valence-electron chi connectivity index (χ4n) is 5.06. The van der Waals surface area contributed by atoms with Gasteiger partial charge < -0.3 is 5.32 Å². The molecule has 21 heavy (non-hydrogen) atoms.